The van der Waals surface area contributed by atoms with E-state index in [1.54, 1.807) is 24.1 Å². The fraction of sp³-hybridized carbons (Fsp3) is 0.524. The Morgan fingerprint density at radius 2 is 1.93 bits per heavy atom. The Kier molecular flexibility index (Phi) is 8.81. The Balaban J connectivity index is 2.09. The summed E-state index contributed by atoms with van der Waals surface area (Å²) in [5.74, 6) is -0.0940. The van der Waals surface area contributed by atoms with Gasteiger partial charge in [-0.3, -0.25) is 9.59 Å². The summed E-state index contributed by atoms with van der Waals surface area (Å²) in [6.45, 7) is 4.29. The highest BCUT2D eigenvalue weighted by Crippen LogP contribution is 2.11. The first-order valence-electron chi connectivity index (χ1n) is 9.76. The van der Waals surface area contributed by atoms with E-state index in [1.807, 2.05) is 34.8 Å². The van der Waals surface area contributed by atoms with Crippen LogP contribution in [-0.4, -0.2) is 59.5 Å². The van der Waals surface area contributed by atoms with Gasteiger partial charge in [-0.2, -0.15) is 0 Å². The second-order valence-corrected chi connectivity index (χ2v) is 6.83. The number of amides is 2. The van der Waals surface area contributed by atoms with E-state index < -0.39 is 0 Å². The van der Waals surface area contributed by atoms with Gasteiger partial charge < -0.3 is 23.5 Å². The van der Waals surface area contributed by atoms with Crippen LogP contribution < -0.4 is 0 Å². The van der Waals surface area contributed by atoms with Crippen molar-refractivity contribution in [1.82, 2.24) is 14.4 Å². The quantitative estimate of drug-likeness (QED) is 0.524. The van der Waals surface area contributed by atoms with Gasteiger partial charge in [0.15, 0.2) is 5.76 Å². The molecule has 0 aliphatic carbocycles. The minimum Gasteiger partial charge on any atom is -0.459 e. The van der Waals surface area contributed by atoms with Crippen molar-refractivity contribution in [2.75, 3.05) is 33.4 Å². The minimum atomic E-state index is -0.274. The third-order valence-corrected chi connectivity index (χ3v) is 4.66. The maximum Gasteiger partial charge on any atom is 0.290 e. The molecule has 0 N–H and O–H groups in total. The van der Waals surface area contributed by atoms with E-state index in [1.165, 1.54) is 6.26 Å². The molecule has 0 aliphatic rings. The number of ether oxygens (including phenoxy) is 1. The average Bonchev–Trinajstić information content (AvgIpc) is 3.36. The van der Waals surface area contributed by atoms with Crippen LogP contribution in [0.1, 0.15) is 42.4 Å². The third-order valence-electron chi connectivity index (χ3n) is 4.66. The van der Waals surface area contributed by atoms with Gasteiger partial charge in [0, 0.05) is 45.7 Å². The summed E-state index contributed by atoms with van der Waals surface area (Å²) in [6.07, 6.45) is 6.01. The second kappa shape index (κ2) is 11.3. The van der Waals surface area contributed by atoms with Gasteiger partial charge in [-0.05, 0) is 37.1 Å². The molecular formula is C21H31N3O4. The van der Waals surface area contributed by atoms with E-state index in [-0.39, 0.29) is 24.1 Å². The Hall–Kier alpha value is -2.54. The lowest BCUT2D eigenvalue weighted by Gasteiger charge is -2.27. The van der Waals surface area contributed by atoms with Crippen LogP contribution in [0.15, 0.2) is 41.1 Å². The van der Waals surface area contributed by atoms with E-state index in [0.29, 0.717) is 32.7 Å². The minimum absolute atomic E-state index is 0.0252. The van der Waals surface area contributed by atoms with E-state index in [4.69, 9.17) is 9.15 Å². The van der Waals surface area contributed by atoms with Gasteiger partial charge in [0.25, 0.3) is 5.91 Å². The molecule has 2 heterocycles. The maximum absolute atomic E-state index is 13.1. The van der Waals surface area contributed by atoms with Gasteiger partial charge in [-0.15, -0.1) is 0 Å². The van der Waals surface area contributed by atoms with Crippen LogP contribution in [0.4, 0.5) is 0 Å². The van der Waals surface area contributed by atoms with Crippen molar-refractivity contribution in [3.05, 3.63) is 48.2 Å². The Morgan fingerprint density at radius 3 is 2.54 bits per heavy atom. The van der Waals surface area contributed by atoms with Crippen LogP contribution in [0.2, 0.25) is 0 Å². The summed E-state index contributed by atoms with van der Waals surface area (Å²) < 4.78 is 12.3. The molecule has 154 valence electrons. The number of rotatable bonds is 12. The Bertz CT molecular complexity index is 724. The van der Waals surface area contributed by atoms with Gasteiger partial charge in [-0.1, -0.05) is 13.3 Å². The maximum atomic E-state index is 13.1. The molecule has 0 spiro atoms. The molecule has 0 saturated carbocycles. The molecule has 0 bridgehead atoms. The number of carbonyl (C=O) groups excluding carboxylic acids is 2. The number of methoxy groups -OCH3 is 1. The van der Waals surface area contributed by atoms with Crippen LogP contribution in [0.25, 0.3) is 0 Å². The number of furan rings is 1. The molecule has 2 aromatic rings. The molecule has 7 nitrogen and oxygen atoms in total. The predicted octanol–water partition coefficient (Wildman–Crippen LogP) is 2.93. The molecule has 28 heavy (non-hydrogen) atoms. The van der Waals surface area contributed by atoms with Crippen molar-refractivity contribution in [1.29, 1.82) is 0 Å². The molecule has 0 unspecified atom stereocenters. The lowest BCUT2D eigenvalue weighted by molar-refractivity contribution is -0.132. The largest absolute Gasteiger partial charge is 0.459 e. The van der Waals surface area contributed by atoms with Crippen molar-refractivity contribution in [2.24, 2.45) is 7.05 Å². The zero-order chi connectivity index (χ0) is 20.4. The number of carbonyl (C=O) groups is 2. The summed E-state index contributed by atoms with van der Waals surface area (Å²) in [5, 5.41) is 0. The highest BCUT2D eigenvalue weighted by atomic mass is 16.5. The Morgan fingerprint density at radius 1 is 1.14 bits per heavy atom. The van der Waals surface area contributed by atoms with Crippen molar-refractivity contribution >= 4 is 11.8 Å². The number of hydrogen-bond acceptors (Lipinski definition) is 4. The molecule has 0 fully saturated rings. The summed E-state index contributed by atoms with van der Waals surface area (Å²) >= 11 is 0. The third kappa shape index (κ3) is 6.27. The SMILES string of the molecule is CCCCN(Cc1cccn1C)C(=O)CN(CCCOC)C(=O)c1ccco1. The number of hydrogen-bond donors (Lipinski definition) is 0. The fourth-order valence-electron chi connectivity index (χ4n) is 2.97. The van der Waals surface area contributed by atoms with Crippen molar-refractivity contribution in [3.63, 3.8) is 0 Å². The van der Waals surface area contributed by atoms with Crippen molar-refractivity contribution in [3.8, 4) is 0 Å². The number of aromatic nitrogens is 1. The zero-order valence-electron chi connectivity index (χ0n) is 17.1. The van der Waals surface area contributed by atoms with E-state index in [9.17, 15) is 9.59 Å². The highest BCUT2D eigenvalue weighted by Gasteiger charge is 2.24. The molecule has 0 aromatic carbocycles. The standard InChI is InChI=1S/C21H31N3O4/c1-4-5-12-23(16-18-9-6-11-22(18)2)20(25)17-24(13-8-14-27-3)21(26)19-10-7-15-28-19/h6-7,9-11,15H,4-5,8,12-14,16-17H2,1-3H3. The molecular weight excluding hydrogens is 358 g/mol. The van der Waals surface area contributed by atoms with Gasteiger partial charge in [0.05, 0.1) is 12.8 Å². The first-order chi connectivity index (χ1) is 13.6. The van der Waals surface area contributed by atoms with Gasteiger partial charge in [0.2, 0.25) is 5.91 Å². The number of nitrogens with zero attached hydrogens (tertiary/aromatic N) is 3. The predicted molar refractivity (Wildman–Crippen MR) is 107 cm³/mol. The lowest BCUT2D eigenvalue weighted by Crippen LogP contribution is -2.43. The van der Waals surface area contributed by atoms with Crippen LogP contribution in [0, 0.1) is 0 Å². The van der Waals surface area contributed by atoms with Crippen molar-refractivity contribution in [2.45, 2.75) is 32.7 Å². The zero-order valence-corrected chi connectivity index (χ0v) is 17.1. The van der Waals surface area contributed by atoms with E-state index >= 15 is 0 Å². The monoisotopic (exact) mass is 389 g/mol. The van der Waals surface area contributed by atoms with Crippen LogP contribution in [0.5, 0.6) is 0 Å². The van der Waals surface area contributed by atoms with E-state index in [0.717, 1.165) is 18.5 Å². The molecule has 2 amide bonds. The first-order valence-corrected chi connectivity index (χ1v) is 9.76. The summed E-state index contributed by atoms with van der Waals surface area (Å²) in [7, 11) is 3.59. The molecule has 0 atom stereocenters. The molecule has 7 heteroatoms. The fourth-order valence-corrected chi connectivity index (χ4v) is 2.97. The van der Waals surface area contributed by atoms with Crippen LogP contribution in [-0.2, 0) is 23.1 Å². The summed E-state index contributed by atoms with van der Waals surface area (Å²) in [4.78, 5) is 29.2. The topological polar surface area (TPSA) is 67.9 Å². The highest BCUT2D eigenvalue weighted by molar-refractivity contribution is 5.94. The molecule has 2 aromatic heterocycles. The Labute approximate surface area is 166 Å². The first kappa shape index (κ1) is 21.8. The van der Waals surface area contributed by atoms with Crippen molar-refractivity contribution < 1.29 is 18.7 Å². The van der Waals surface area contributed by atoms with Gasteiger partial charge >= 0.3 is 0 Å². The molecule has 0 radical (unpaired) electrons. The van der Waals surface area contributed by atoms with E-state index in [2.05, 4.69) is 6.92 Å². The smallest absolute Gasteiger partial charge is 0.290 e. The number of aryl methyl sites for hydroxylation is 1. The van der Waals surface area contributed by atoms with Crippen LogP contribution >= 0.6 is 0 Å². The summed E-state index contributed by atoms with van der Waals surface area (Å²) in [6, 6.07) is 7.27. The van der Waals surface area contributed by atoms with Gasteiger partial charge in [-0.25, -0.2) is 0 Å². The number of unbranched alkanes of at least 4 members (excludes halogenated alkanes) is 1. The molecule has 0 aliphatic heterocycles. The van der Waals surface area contributed by atoms with Gasteiger partial charge in [0.1, 0.15) is 6.54 Å². The summed E-state index contributed by atoms with van der Waals surface area (Å²) in [5.41, 5.74) is 1.06. The average molecular weight is 389 g/mol. The normalized spacial score (nSPS) is 10.8. The van der Waals surface area contributed by atoms with Crippen LogP contribution in [0.3, 0.4) is 0 Å². The second-order valence-electron chi connectivity index (χ2n) is 6.83. The lowest BCUT2D eigenvalue weighted by atomic mass is 10.2. The molecule has 2 rings (SSSR count). The molecule has 0 saturated heterocycles.